The number of rotatable bonds is 1. The van der Waals surface area contributed by atoms with E-state index in [9.17, 15) is 0 Å². The van der Waals surface area contributed by atoms with Crippen molar-refractivity contribution in [1.29, 1.82) is 0 Å². The van der Waals surface area contributed by atoms with Crippen molar-refractivity contribution < 1.29 is 0 Å². The molecule has 0 amide bonds. The van der Waals surface area contributed by atoms with Crippen molar-refractivity contribution in [3.05, 3.63) is 0 Å². The van der Waals surface area contributed by atoms with Crippen LogP contribution in [0.5, 0.6) is 0 Å². The van der Waals surface area contributed by atoms with Crippen LogP contribution in [-0.2, 0) is 0 Å². The van der Waals surface area contributed by atoms with Crippen LogP contribution in [0.2, 0.25) is 0 Å². The fourth-order valence-electron chi connectivity index (χ4n) is 0. The summed E-state index contributed by atoms with van der Waals surface area (Å²) in [6.07, 6.45) is 2.64. The Hall–Kier alpha value is 1.26. The molecule has 0 aromatic heterocycles. The van der Waals surface area contributed by atoms with Crippen LogP contribution in [0, 0.1) is 0 Å². The maximum absolute atomic E-state index is 2.18. The van der Waals surface area contributed by atoms with E-state index in [0.29, 0.717) is 0 Å². The van der Waals surface area contributed by atoms with Gasteiger partial charge in [-0.1, -0.05) is 26.7 Å². The third kappa shape index (κ3) is 10.9. The van der Waals surface area contributed by atoms with Crippen LogP contribution < -0.4 is 0 Å². The zero-order valence-corrected chi connectivity index (χ0v) is 3.41. The third-order valence-electron chi connectivity index (χ3n) is 0.500. The van der Waals surface area contributed by atoms with Crippen LogP contribution in [0.15, 0.2) is 0 Å². The molecule has 0 nitrogen and oxygen atoms in total. The quantitative estimate of drug-likeness (QED) is 0.429. The Morgan fingerprint density at radius 2 is 1.20 bits per heavy atom. The molecule has 0 N–H and O–H groups in total. The van der Waals surface area contributed by atoms with Gasteiger partial charge in [-0.15, -0.1) is 0 Å². The first-order chi connectivity index (χ1) is 1.91. The molecule has 0 aromatic rings. The molecule has 0 saturated carbocycles. The monoisotopic (exact) mass is 100 g/mol. The third-order valence-corrected chi connectivity index (χ3v) is 0.500. The van der Waals surface area contributed by atoms with E-state index in [-0.39, 0.29) is 37.7 Å². The summed E-state index contributed by atoms with van der Waals surface area (Å²) in [4.78, 5) is 0. The van der Waals surface area contributed by atoms with Crippen LogP contribution >= 0.6 is 0 Å². The first-order valence-corrected chi connectivity index (χ1v) is 1.91. The van der Waals surface area contributed by atoms with Gasteiger partial charge in [0.25, 0.3) is 0 Å². The SMILES string of the molecule is CCCC.[CaH2]. The molecule has 0 aliphatic rings. The number of hydrogen-bond donors (Lipinski definition) is 0. The summed E-state index contributed by atoms with van der Waals surface area (Å²) < 4.78 is 0. The van der Waals surface area contributed by atoms with Gasteiger partial charge in [0.2, 0.25) is 0 Å². The van der Waals surface area contributed by atoms with E-state index < -0.39 is 0 Å². The second-order valence-electron chi connectivity index (χ2n) is 1.000. The molecule has 0 unspecified atom stereocenters. The first kappa shape index (κ1) is 9.54. The van der Waals surface area contributed by atoms with E-state index in [0.717, 1.165) is 0 Å². The Balaban J connectivity index is 0. The topological polar surface area (TPSA) is 0 Å². The fraction of sp³-hybridized carbons (Fsp3) is 1.00. The van der Waals surface area contributed by atoms with E-state index in [1.54, 1.807) is 0 Å². The van der Waals surface area contributed by atoms with Crippen LogP contribution in [-0.4, -0.2) is 37.7 Å². The molecular weight excluding hydrogens is 88.1 g/mol. The van der Waals surface area contributed by atoms with Crippen molar-refractivity contribution in [2.24, 2.45) is 0 Å². The number of hydrogen-bond acceptors (Lipinski definition) is 0. The van der Waals surface area contributed by atoms with E-state index >= 15 is 0 Å². The second-order valence-corrected chi connectivity index (χ2v) is 1.000. The minimum absolute atomic E-state index is 0. The van der Waals surface area contributed by atoms with Gasteiger partial charge < -0.3 is 0 Å². The summed E-state index contributed by atoms with van der Waals surface area (Å²) in [5.74, 6) is 0. The Labute approximate surface area is 63.9 Å². The van der Waals surface area contributed by atoms with Crippen molar-refractivity contribution >= 4 is 37.7 Å². The van der Waals surface area contributed by atoms with Crippen molar-refractivity contribution in [2.45, 2.75) is 26.7 Å². The number of unbranched alkanes of at least 4 members (excludes halogenated alkanes) is 1. The van der Waals surface area contributed by atoms with Crippen molar-refractivity contribution in [2.75, 3.05) is 0 Å². The molecule has 0 heterocycles. The molecule has 0 spiro atoms. The summed E-state index contributed by atoms with van der Waals surface area (Å²) in [6, 6.07) is 0. The van der Waals surface area contributed by atoms with Crippen LogP contribution in [0.3, 0.4) is 0 Å². The van der Waals surface area contributed by atoms with E-state index in [1.165, 1.54) is 12.8 Å². The Kier molecular flexibility index (Phi) is 17.1. The maximum atomic E-state index is 2.18. The molecule has 0 saturated heterocycles. The molecule has 5 heavy (non-hydrogen) atoms. The summed E-state index contributed by atoms with van der Waals surface area (Å²) in [5.41, 5.74) is 0. The van der Waals surface area contributed by atoms with Crippen molar-refractivity contribution in [3.63, 3.8) is 0 Å². The summed E-state index contributed by atoms with van der Waals surface area (Å²) in [6.45, 7) is 4.36. The summed E-state index contributed by atoms with van der Waals surface area (Å²) >= 11 is 0. The second kappa shape index (κ2) is 8.98. The van der Waals surface area contributed by atoms with Gasteiger partial charge in [-0.3, -0.25) is 0 Å². The van der Waals surface area contributed by atoms with Gasteiger partial charge in [0, 0.05) is 0 Å². The summed E-state index contributed by atoms with van der Waals surface area (Å²) in [5, 5.41) is 0. The van der Waals surface area contributed by atoms with Crippen LogP contribution in [0.1, 0.15) is 26.7 Å². The molecule has 0 aliphatic heterocycles. The molecule has 0 radical (unpaired) electrons. The van der Waals surface area contributed by atoms with E-state index in [2.05, 4.69) is 13.8 Å². The Morgan fingerprint density at radius 3 is 1.20 bits per heavy atom. The van der Waals surface area contributed by atoms with Gasteiger partial charge in [-0.2, -0.15) is 0 Å². The predicted octanol–water partition coefficient (Wildman–Crippen LogP) is 0.890. The van der Waals surface area contributed by atoms with Crippen LogP contribution in [0.25, 0.3) is 0 Å². The predicted molar refractivity (Wildman–Crippen MR) is 29.1 cm³/mol. The van der Waals surface area contributed by atoms with E-state index in [1.807, 2.05) is 0 Å². The van der Waals surface area contributed by atoms with E-state index in [4.69, 9.17) is 0 Å². The summed E-state index contributed by atoms with van der Waals surface area (Å²) in [7, 11) is 0. The van der Waals surface area contributed by atoms with Gasteiger partial charge in [-0.25, -0.2) is 0 Å². The zero-order valence-electron chi connectivity index (χ0n) is 3.41. The zero-order chi connectivity index (χ0) is 3.41. The molecule has 0 atom stereocenters. The molecule has 0 fully saturated rings. The normalized spacial score (nSPS) is 6.00. The van der Waals surface area contributed by atoms with Gasteiger partial charge in [-0.05, 0) is 0 Å². The van der Waals surface area contributed by atoms with Crippen molar-refractivity contribution in [1.82, 2.24) is 0 Å². The van der Waals surface area contributed by atoms with Gasteiger partial charge in [0.15, 0.2) is 0 Å². The molecule has 1 heteroatoms. The average Bonchev–Trinajstić information content (AvgIpc) is 1.37. The minimum atomic E-state index is 0. The fourth-order valence-corrected chi connectivity index (χ4v) is 0. The standard InChI is InChI=1S/C4H10.Ca.2H/c1-3-4-2;;;/h3-4H2,1-2H3;;;. The Bertz CT molecular complexity index is 5.61. The molecule has 0 aliphatic carbocycles. The molecule has 0 rings (SSSR count). The average molecular weight is 100 g/mol. The molecule has 0 aromatic carbocycles. The van der Waals surface area contributed by atoms with Gasteiger partial charge in [0.1, 0.15) is 0 Å². The van der Waals surface area contributed by atoms with Gasteiger partial charge >= 0.3 is 37.7 Å². The molecule has 0 bridgehead atoms. The van der Waals surface area contributed by atoms with Crippen LogP contribution in [0.4, 0.5) is 0 Å². The molecular formula is C4H12Ca. The van der Waals surface area contributed by atoms with Crippen molar-refractivity contribution in [3.8, 4) is 0 Å². The Morgan fingerprint density at radius 1 is 1.00 bits per heavy atom. The molecule has 30 valence electrons. The van der Waals surface area contributed by atoms with Gasteiger partial charge in [0.05, 0.1) is 0 Å². The first-order valence-electron chi connectivity index (χ1n) is 1.91.